The summed E-state index contributed by atoms with van der Waals surface area (Å²) in [6, 6.07) is 25.9. The molecule has 0 aliphatic rings. The maximum absolute atomic E-state index is 13.3. The number of halogens is 3. The maximum Gasteiger partial charge on any atom is 0.272 e. The van der Waals surface area contributed by atoms with E-state index >= 15 is 0 Å². The lowest BCUT2D eigenvalue weighted by atomic mass is 10.1. The molecule has 4 aromatic carbocycles. The molecule has 1 atom stereocenters. The summed E-state index contributed by atoms with van der Waals surface area (Å²) in [7, 11) is 0. The zero-order chi connectivity index (χ0) is 30.2. The average molecular weight is 639 g/mol. The van der Waals surface area contributed by atoms with Crippen LogP contribution in [-0.2, 0) is 9.59 Å². The van der Waals surface area contributed by atoms with E-state index in [0.29, 0.717) is 37.6 Å². The van der Waals surface area contributed by atoms with Crippen LogP contribution in [0.4, 0.5) is 11.4 Å². The Morgan fingerprint density at radius 2 is 1.40 bits per heavy atom. The molecule has 0 aliphatic heterocycles. The Hall–Kier alpha value is -3.75. The summed E-state index contributed by atoms with van der Waals surface area (Å²) in [5.41, 5.74) is 2.78. The highest BCUT2D eigenvalue weighted by molar-refractivity contribution is 8.00. The van der Waals surface area contributed by atoms with Crippen molar-refractivity contribution in [2.45, 2.75) is 24.0 Å². The van der Waals surface area contributed by atoms with E-state index in [1.807, 2.05) is 13.0 Å². The number of aryl methyl sites for hydroxylation is 1. The van der Waals surface area contributed by atoms with E-state index in [-0.39, 0.29) is 11.6 Å². The Kier molecular flexibility index (Phi) is 10.7. The lowest BCUT2D eigenvalue weighted by Crippen LogP contribution is -2.30. The standard InChI is InChI=1S/C32H26Cl3N3O3S/c1-19-11-12-23(17-28(19)35)37-30(39)20(2)42-24-15-13-22(14-16-24)36-32(41)29(18-25-26(33)9-6-10-27(25)34)38-31(40)21-7-4-3-5-8-21/h3-18,20H,1-2H3,(H,36,41)(H,37,39)(H,38,40)/b29-18-. The monoisotopic (exact) mass is 637 g/mol. The van der Waals surface area contributed by atoms with Crippen LogP contribution in [-0.4, -0.2) is 23.0 Å². The minimum Gasteiger partial charge on any atom is -0.325 e. The van der Waals surface area contributed by atoms with Crippen LogP contribution < -0.4 is 16.0 Å². The number of amides is 3. The smallest absolute Gasteiger partial charge is 0.272 e. The van der Waals surface area contributed by atoms with Gasteiger partial charge in [0.15, 0.2) is 0 Å². The van der Waals surface area contributed by atoms with Crippen molar-refractivity contribution in [3.05, 3.63) is 128 Å². The molecule has 4 aromatic rings. The number of rotatable bonds is 9. The van der Waals surface area contributed by atoms with Gasteiger partial charge in [-0.3, -0.25) is 14.4 Å². The van der Waals surface area contributed by atoms with E-state index in [2.05, 4.69) is 16.0 Å². The molecule has 4 rings (SSSR count). The Bertz CT molecular complexity index is 1620. The largest absolute Gasteiger partial charge is 0.325 e. The van der Waals surface area contributed by atoms with Crippen LogP contribution in [0, 0.1) is 6.92 Å². The molecule has 0 fully saturated rings. The van der Waals surface area contributed by atoms with Gasteiger partial charge in [-0.1, -0.05) is 65.1 Å². The van der Waals surface area contributed by atoms with E-state index in [1.165, 1.54) is 17.8 Å². The van der Waals surface area contributed by atoms with Gasteiger partial charge in [-0.05, 0) is 86.2 Å². The van der Waals surface area contributed by atoms with E-state index in [0.717, 1.165) is 10.5 Å². The van der Waals surface area contributed by atoms with Gasteiger partial charge in [0.05, 0.1) is 5.25 Å². The fraction of sp³-hybridized carbons (Fsp3) is 0.0938. The van der Waals surface area contributed by atoms with Crippen molar-refractivity contribution in [1.82, 2.24) is 5.32 Å². The predicted octanol–water partition coefficient (Wildman–Crippen LogP) is 8.48. The van der Waals surface area contributed by atoms with Gasteiger partial charge in [-0.15, -0.1) is 11.8 Å². The van der Waals surface area contributed by atoms with Crippen molar-refractivity contribution in [3.63, 3.8) is 0 Å². The second kappa shape index (κ2) is 14.4. The average Bonchev–Trinajstić information content (AvgIpc) is 2.97. The number of hydrogen-bond acceptors (Lipinski definition) is 4. The molecule has 0 saturated carbocycles. The molecule has 0 heterocycles. The first-order valence-electron chi connectivity index (χ1n) is 12.8. The molecular weight excluding hydrogens is 613 g/mol. The Balaban J connectivity index is 1.46. The van der Waals surface area contributed by atoms with Gasteiger partial charge < -0.3 is 16.0 Å². The van der Waals surface area contributed by atoms with Gasteiger partial charge >= 0.3 is 0 Å². The highest BCUT2D eigenvalue weighted by atomic mass is 35.5. The molecule has 10 heteroatoms. The second-order valence-corrected chi connectivity index (χ2v) is 11.8. The van der Waals surface area contributed by atoms with Gasteiger partial charge in [-0.2, -0.15) is 0 Å². The summed E-state index contributed by atoms with van der Waals surface area (Å²) < 4.78 is 0. The third-order valence-corrected chi connectivity index (χ3v) is 8.23. The number of benzene rings is 4. The van der Waals surface area contributed by atoms with Crippen molar-refractivity contribution in [3.8, 4) is 0 Å². The lowest BCUT2D eigenvalue weighted by Gasteiger charge is -2.14. The molecule has 3 amide bonds. The fourth-order valence-electron chi connectivity index (χ4n) is 3.72. The third kappa shape index (κ3) is 8.39. The molecule has 0 radical (unpaired) electrons. The number of hydrogen-bond donors (Lipinski definition) is 3. The van der Waals surface area contributed by atoms with Crippen molar-refractivity contribution in [1.29, 1.82) is 0 Å². The van der Waals surface area contributed by atoms with Crippen LogP contribution in [0.15, 0.2) is 102 Å². The molecule has 0 aromatic heterocycles. The van der Waals surface area contributed by atoms with Crippen molar-refractivity contribution >= 4 is 81.7 Å². The zero-order valence-electron chi connectivity index (χ0n) is 22.6. The van der Waals surface area contributed by atoms with Crippen LogP contribution in [0.1, 0.15) is 28.4 Å². The summed E-state index contributed by atoms with van der Waals surface area (Å²) >= 11 is 20.2. The minimum absolute atomic E-state index is 0.0428. The Labute approximate surface area is 263 Å². The molecule has 6 nitrogen and oxygen atoms in total. The number of anilines is 2. The van der Waals surface area contributed by atoms with Gasteiger partial charge in [0.2, 0.25) is 5.91 Å². The highest BCUT2D eigenvalue weighted by Gasteiger charge is 2.18. The molecule has 42 heavy (non-hydrogen) atoms. The van der Waals surface area contributed by atoms with Crippen LogP contribution in [0.2, 0.25) is 15.1 Å². The molecule has 0 spiro atoms. The van der Waals surface area contributed by atoms with Gasteiger partial charge in [-0.25, -0.2) is 0 Å². The van der Waals surface area contributed by atoms with Crippen molar-refractivity contribution in [2.24, 2.45) is 0 Å². The molecule has 0 aliphatic carbocycles. The Morgan fingerprint density at radius 3 is 2.05 bits per heavy atom. The SMILES string of the molecule is Cc1ccc(NC(=O)C(C)Sc2ccc(NC(=O)/C(=C/c3c(Cl)cccc3Cl)NC(=O)c3ccccc3)cc2)cc1Cl. The quantitative estimate of drug-likeness (QED) is 0.127. The van der Waals surface area contributed by atoms with Crippen LogP contribution >= 0.6 is 46.6 Å². The normalized spacial score (nSPS) is 11.9. The first kappa shape index (κ1) is 31.2. The van der Waals surface area contributed by atoms with E-state index in [4.69, 9.17) is 34.8 Å². The maximum atomic E-state index is 13.3. The number of carbonyl (C=O) groups excluding carboxylic acids is 3. The fourth-order valence-corrected chi connectivity index (χ4v) is 5.28. The molecule has 0 saturated heterocycles. The Morgan fingerprint density at radius 1 is 0.762 bits per heavy atom. The van der Waals surface area contributed by atoms with Crippen LogP contribution in [0.5, 0.6) is 0 Å². The molecule has 214 valence electrons. The number of thioether (sulfide) groups is 1. The highest BCUT2D eigenvalue weighted by Crippen LogP contribution is 2.28. The molecule has 3 N–H and O–H groups in total. The van der Waals surface area contributed by atoms with Crippen molar-refractivity contribution < 1.29 is 14.4 Å². The number of carbonyl (C=O) groups is 3. The first-order chi connectivity index (χ1) is 20.1. The van der Waals surface area contributed by atoms with Gasteiger partial charge in [0.25, 0.3) is 11.8 Å². The van der Waals surface area contributed by atoms with E-state index in [9.17, 15) is 14.4 Å². The zero-order valence-corrected chi connectivity index (χ0v) is 25.7. The molecule has 0 bridgehead atoms. The topological polar surface area (TPSA) is 87.3 Å². The summed E-state index contributed by atoms with van der Waals surface area (Å²) in [5, 5.41) is 9.18. The lowest BCUT2D eigenvalue weighted by molar-refractivity contribution is -0.115. The summed E-state index contributed by atoms with van der Waals surface area (Å²) in [4.78, 5) is 39.7. The summed E-state index contributed by atoms with van der Waals surface area (Å²) in [6.45, 7) is 3.70. The first-order valence-corrected chi connectivity index (χ1v) is 14.8. The summed E-state index contributed by atoms with van der Waals surface area (Å²) in [6.07, 6.45) is 1.44. The van der Waals surface area contributed by atoms with E-state index < -0.39 is 17.1 Å². The second-order valence-electron chi connectivity index (χ2n) is 9.21. The number of nitrogens with one attached hydrogen (secondary N) is 3. The molecule has 1 unspecified atom stereocenters. The third-order valence-electron chi connectivity index (χ3n) is 6.05. The van der Waals surface area contributed by atoms with Crippen molar-refractivity contribution in [2.75, 3.05) is 10.6 Å². The van der Waals surface area contributed by atoms with E-state index in [1.54, 1.807) is 91.9 Å². The summed E-state index contributed by atoms with van der Waals surface area (Å²) in [5.74, 6) is -1.20. The molecular formula is C32H26Cl3N3O3S. The predicted molar refractivity (Wildman–Crippen MR) is 174 cm³/mol. The van der Waals surface area contributed by atoms with Crippen LogP contribution in [0.25, 0.3) is 6.08 Å². The van der Waals surface area contributed by atoms with Crippen LogP contribution in [0.3, 0.4) is 0 Å². The minimum atomic E-state index is -0.569. The van der Waals surface area contributed by atoms with Gasteiger partial charge in [0, 0.05) is 42.5 Å². The van der Waals surface area contributed by atoms with Gasteiger partial charge in [0.1, 0.15) is 5.70 Å².